The molecule has 0 spiro atoms. The Morgan fingerprint density at radius 3 is 2.88 bits per heavy atom. The molecule has 1 saturated carbocycles. The van der Waals surface area contributed by atoms with Crippen LogP contribution in [0.15, 0.2) is 12.3 Å². The third kappa shape index (κ3) is 2.87. The van der Waals surface area contributed by atoms with E-state index in [9.17, 15) is 4.79 Å². The van der Waals surface area contributed by atoms with E-state index < -0.39 is 5.97 Å². The summed E-state index contributed by atoms with van der Waals surface area (Å²) in [5.41, 5.74) is 6.04. The Labute approximate surface area is 100 Å². The van der Waals surface area contributed by atoms with Crippen molar-refractivity contribution >= 4 is 17.5 Å². The summed E-state index contributed by atoms with van der Waals surface area (Å²) in [6.07, 6.45) is 6.44. The number of nitrogen functional groups attached to an aromatic ring is 1. The molecule has 1 aliphatic carbocycles. The van der Waals surface area contributed by atoms with Crippen molar-refractivity contribution in [3.63, 3.8) is 0 Å². The van der Waals surface area contributed by atoms with Crippen LogP contribution in [0.25, 0.3) is 0 Å². The molecule has 0 atom stereocenters. The van der Waals surface area contributed by atoms with Crippen molar-refractivity contribution in [3.8, 4) is 0 Å². The summed E-state index contributed by atoms with van der Waals surface area (Å²) in [6.45, 7) is 0.789. The lowest BCUT2D eigenvalue weighted by Gasteiger charge is -2.13. The number of hydrogen-bond donors (Lipinski definition) is 3. The fourth-order valence-electron chi connectivity index (χ4n) is 2.24. The van der Waals surface area contributed by atoms with Crippen molar-refractivity contribution in [3.05, 3.63) is 17.8 Å². The molecule has 1 aliphatic rings. The zero-order chi connectivity index (χ0) is 12.3. The van der Waals surface area contributed by atoms with Crippen LogP contribution in [-0.2, 0) is 0 Å². The van der Waals surface area contributed by atoms with E-state index in [2.05, 4.69) is 10.3 Å². The van der Waals surface area contributed by atoms with Gasteiger partial charge in [-0.05, 0) is 24.8 Å². The average Bonchev–Trinajstić information content (AvgIpc) is 2.80. The fourth-order valence-corrected chi connectivity index (χ4v) is 2.24. The highest BCUT2D eigenvalue weighted by Gasteiger charge is 2.17. The molecule has 17 heavy (non-hydrogen) atoms. The first-order valence-electron chi connectivity index (χ1n) is 5.89. The number of carboxylic acids is 1. The van der Waals surface area contributed by atoms with Crippen molar-refractivity contribution in [2.75, 3.05) is 17.6 Å². The predicted octanol–water partition coefficient (Wildman–Crippen LogP) is 1.96. The van der Waals surface area contributed by atoms with Gasteiger partial charge >= 0.3 is 5.97 Å². The zero-order valence-electron chi connectivity index (χ0n) is 9.65. The molecule has 0 saturated heterocycles. The van der Waals surface area contributed by atoms with Crippen molar-refractivity contribution in [2.45, 2.75) is 25.7 Å². The van der Waals surface area contributed by atoms with Gasteiger partial charge in [0.2, 0.25) is 0 Å². The number of carbonyl (C=O) groups is 1. The van der Waals surface area contributed by atoms with Crippen LogP contribution in [0.4, 0.5) is 11.5 Å². The molecule has 0 radical (unpaired) electrons. The van der Waals surface area contributed by atoms with Crippen LogP contribution in [0, 0.1) is 5.92 Å². The lowest BCUT2D eigenvalue weighted by molar-refractivity contribution is 0.0697. The third-order valence-electron chi connectivity index (χ3n) is 3.17. The minimum atomic E-state index is -1.00. The zero-order valence-corrected chi connectivity index (χ0v) is 9.65. The van der Waals surface area contributed by atoms with Gasteiger partial charge in [-0.1, -0.05) is 12.8 Å². The second kappa shape index (κ2) is 5.03. The molecule has 0 aromatic carbocycles. The highest BCUT2D eigenvalue weighted by atomic mass is 16.4. The summed E-state index contributed by atoms with van der Waals surface area (Å²) in [5.74, 6) is 0.0494. The lowest BCUT2D eigenvalue weighted by atomic mass is 10.1. The Bertz CT molecular complexity index is 414. The maximum absolute atomic E-state index is 11.0. The molecule has 0 bridgehead atoms. The number of anilines is 2. The summed E-state index contributed by atoms with van der Waals surface area (Å²) in [4.78, 5) is 15.1. The summed E-state index contributed by atoms with van der Waals surface area (Å²) < 4.78 is 0. The molecule has 4 N–H and O–H groups in total. The first kappa shape index (κ1) is 11.7. The first-order chi connectivity index (χ1) is 8.16. The highest BCUT2D eigenvalue weighted by molar-refractivity contribution is 5.94. The van der Waals surface area contributed by atoms with Crippen LogP contribution in [0.5, 0.6) is 0 Å². The van der Waals surface area contributed by atoms with Crippen LogP contribution >= 0.6 is 0 Å². The molecule has 5 heteroatoms. The number of pyridine rings is 1. The van der Waals surface area contributed by atoms with Crippen LogP contribution in [-0.4, -0.2) is 22.6 Å². The molecule has 1 heterocycles. The number of aromatic carboxylic acids is 1. The SMILES string of the molecule is Nc1cnc(NCC2CCCC2)c(C(=O)O)c1. The van der Waals surface area contributed by atoms with Crippen molar-refractivity contribution in [1.82, 2.24) is 4.98 Å². The van der Waals surface area contributed by atoms with E-state index in [0.717, 1.165) is 6.54 Å². The van der Waals surface area contributed by atoms with Gasteiger partial charge in [-0.25, -0.2) is 9.78 Å². The quantitative estimate of drug-likeness (QED) is 0.742. The first-order valence-corrected chi connectivity index (χ1v) is 5.89. The predicted molar refractivity (Wildman–Crippen MR) is 66.1 cm³/mol. The van der Waals surface area contributed by atoms with Gasteiger partial charge in [0.05, 0.1) is 11.9 Å². The van der Waals surface area contributed by atoms with Gasteiger partial charge < -0.3 is 16.2 Å². The normalized spacial score (nSPS) is 16.0. The summed E-state index contributed by atoms with van der Waals surface area (Å²) >= 11 is 0. The van der Waals surface area contributed by atoms with E-state index in [1.807, 2.05) is 0 Å². The maximum atomic E-state index is 11.0. The number of nitrogens with zero attached hydrogens (tertiary/aromatic N) is 1. The molecule has 0 aliphatic heterocycles. The molecular formula is C12H17N3O2. The Morgan fingerprint density at radius 2 is 2.24 bits per heavy atom. The van der Waals surface area contributed by atoms with E-state index in [0.29, 0.717) is 17.4 Å². The molecule has 92 valence electrons. The van der Waals surface area contributed by atoms with E-state index in [1.54, 1.807) is 0 Å². The summed E-state index contributed by atoms with van der Waals surface area (Å²) in [6, 6.07) is 1.44. The number of carboxylic acid groups (broad SMARTS) is 1. The van der Waals surface area contributed by atoms with Gasteiger partial charge in [0.1, 0.15) is 11.4 Å². The topological polar surface area (TPSA) is 88.2 Å². The fraction of sp³-hybridized carbons (Fsp3) is 0.500. The number of rotatable bonds is 4. The van der Waals surface area contributed by atoms with Gasteiger partial charge in [0.15, 0.2) is 0 Å². The number of aromatic nitrogens is 1. The largest absolute Gasteiger partial charge is 0.478 e. The van der Waals surface area contributed by atoms with Gasteiger partial charge in [-0.2, -0.15) is 0 Å². The van der Waals surface area contributed by atoms with E-state index in [4.69, 9.17) is 10.8 Å². The molecule has 1 fully saturated rings. The van der Waals surface area contributed by atoms with Gasteiger partial charge in [0.25, 0.3) is 0 Å². The molecule has 0 amide bonds. The minimum absolute atomic E-state index is 0.142. The van der Waals surface area contributed by atoms with Crippen LogP contribution in [0.1, 0.15) is 36.0 Å². The molecule has 2 rings (SSSR count). The van der Waals surface area contributed by atoms with Gasteiger partial charge in [-0.3, -0.25) is 0 Å². The molecule has 1 aromatic heterocycles. The van der Waals surface area contributed by atoms with Gasteiger partial charge in [0, 0.05) is 6.54 Å². The minimum Gasteiger partial charge on any atom is -0.478 e. The number of hydrogen-bond acceptors (Lipinski definition) is 4. The van der Waals surface area contributed by atoms with Crippen molar-refractivity contribution in [2.24, 2.45) is 5.92 Å². The highest BCUT2D eigenvalue weighted by Crippen LogP contribution is 2.25. The smallest absolute Gasteiger partial charge is 0.339 e. The Kier molecular flexibility index (Phi) is 3.46. The lowest BCUT2D eigenvalue weighted by Crippen LogP contribution is -2.15. The van der Waals surface area contributed by atoms with Crippen molar-refractivity contribution in [1.29, 1.82) is 0 Å². The van der Waals surface area contributed by atoms with Crippen molar-refractivity contribution < 1.29 is 9.90 Å². The maximum Gasteiger partial charge on any atom is 0.339 e. The third-order valence-corrected chi connectivity index (χ3v) is 3.17. The second-order valence-electron chi connectivity index (χ2n) is 4.50. The summed E-state index contributed by atoms with van der Waals surface area (Å²) in [5, 5.41) is 12.2. The molecule has 5 nitrogen and oxygen atoms in total. The van der Waals surface area contributed by atoms with Crippen LogP contribution in [0.2, 0.25) is 0 Å². The summed E-state index contributed by atoms with van der Waals surface area (Å²) in [7, 11) is 0. The molecular weight excluding hydrogens is 218 g/mol. The van der Waals surface area contributed by atoms with E-state index >= 15 is 0 Å². The standard InChI is InChI=1S/C12H17N3O2/c13-9-5-10(12(16)17)11(15-7-9)14-6-8-3-1-2-4-8/h5,7-8H,1-4,6,13H2,(H,14,15)(H,16,17). The molecule has 0 unspecified atom stereocenters. The van der Waals surface area contributed by atoms with Gasteiger partial charge in [-0.15, -0.1) is 0 Å². The molecule has 1 aromatic rings. The number of nitrogens with two attached hydrogens (primary N) is 1. The number of nitrogens with one attached hydrogen (secondary N) is 1. The average molecular weight is 235 g/mol. The van der Waals surface area contributed by atoms with E-state index in [1.165, 1.54) is 37.9 Å². The Balaban J connectivity index is 2.06. The van der Waals surface area contributed by atoms with Crippen LogP contribution in [0.3, 0.4) is 0 Å². The Hall–Kier alpha value is -1.78. The second-order valence-corrected chi connectivity index (χ2v) is 4.50. The monoisotopic (exact) mass is 235 g/mol. The Morgan fingerprint density at radius 1 is 1.53 bits per heavy atom. The van der Waals surface area contributed by atoms with E-state index in [-0.39, 0.29) is 5.56 Å². The van der Waals surface area contributed by atoms with Crippen LogP contribution < -0.4 is 11.1 Å².